The lowest BCUT2D eigenvalue weighted by atomic mass is 10.0. The molecule has 5 heteroatoms. The monoisotopic (exact) mass is 276 g/mol. The number of rotatable bonds is 2. The van der Waals surface area contributed by atoms with Crippen molar-refractivity contribution in [1.29, 1.82) is 0 Å². The molecule has 0 spiro atoms. The van der Waals surface area contributed by atoms with Gasteiger partial charge in [-0.25, -0.2) is 0 Å². The highest BCUT2D eigenvalue weighted by molar-refractivity contribution is 8.00. The standard InChI is InChI=1S/C14H16N2O2S/c1-16(2)7-8-6-10-12-9(4-3-5-11(12)17)13(18)15-14(10)19-8/h3-5,8,17H,6-7H2,1-2H3,(H,15,18). The highest BCUT2D eigenvalue weighted by Crippen LogP contribution is 2.40. The van der Waals surface area contributed by atoms with Crippen molar-refractivity contribution < 1.29 is 5.11 Å². The molecule has 0 radical (unpaired) electrons. The number of nitrogens with zero attached hydrogens (tertiary/aromatic N) is 1. The summed E-state index contributed by atoms with van der Waals surface area (Å²) in [6.45, 7) is 0.955. The Morgan fingerprint density at radius 2 is 2.26 bits per heavy atom. The van der Waals surface area contributed by atoms with Crippen molar-refractivity contribution in [2.75, 3.05) is 20.6 Å². The lowest BCUT2D eigenvalue weighted by Gasteiger charge is -2.14. The van der Waals surface area contributed by atoms with E-state index in [2.05, 4.69) is 9.88 Å². The molecule has 3 rings (SSSR count). The average Bonchev–Trinajstić information content (AvgIpc) is 2.70. The molecule has 0 saturated carbocycles. The molecule has 1 unspecified atom stereocenters. The molecular weight excluding hydrogens is 260 g/mol. The van der Waals surface area contributed by atoms with Gasteiger partial charge in [0.2, 0.25) is 0 Å². The number of aromatic nitrogens is 1. The van der Waals surface area contributed by atoms with Crippen LogP contribution in [0.2, 0.25) is 0 Å². The van der Waals surface area contributed by atoms with Gasteiger partial charge in [0.15, 0.2) is 0 Å². The van der Waals surface area contributed by atoms with E-state index >= 15 is 0 Å². The second-order valence-corrected chi connectivity index (χ2v) is 6.48. The van der Waals surface area contributed by atoms with Crippen LogP contribution in [-0.2, 0) is 6.42 Å². The first-order valence-corrected chi connectivity index (χ1v) is 7.12. The van der Waals surface area contributed by atoms with Crippen LogP contribution in [0.3, 0.4) is 0 Å². The molecule has 1 aliphatic rings. The summed E-state index contributed by atoms with van der Waals surface area (Å²) in [5, 5.41) is 12.7. The molecule has 2 aromatic rings. The number of H-pyrrole nitrogens is 1. The fourth-order valence-corrected chi connectivity index (χ4v) is 4.08. The third-order valence-corrected chi connectivity index (χ3v) is 4.61. The number of benzene rings is 1. The summed E-state index contributed by atoms with van der Waals surface area (Å²) in [4.78, 5) is 17.1. The number of thioether (sulfide) groups is 1. The van der Waals surface area contributed by atoms with Crippen LogP contribution in [0.15, 0.2) is 28.0 Å². The maximum atomic E-state index is 12.0. The van der Waals surface area contributed by atoms with Gasteiger partial charge in [0.1, 0.15) is 5.75 Å². The van der Waals surface area contributed by atoms with E-state index in [0.29, 0.717) is 10.6 Å². The van der Waals surface area contributed by atoms with Crippen LogP contribution in [0.4, 0.5) is 0 Å². The highest BCUT2D eigenvalue weighted by Gasteiger charge is 2.27. The molecule has 0 amide bonds. The molecule has 1 aromatic carbocycles. The summed E-state index contributed by atoms with van der Waals surface area (Å²) in [6, 6.07) is 5.11. The van der Waals surface area contributed by atoms with Gasteiger partial charge in [-0.05, 0) is 38.2 Å². The van der Waals surface area contributed by atoms with E-state index in [1.807, 2.05) is 14.1 Å². The van der Waals surface area contributed by atoms with Crippen molar-refractivity contribution in [3.63, 3.8) is 0 Å². The van der Waals surface area contributed by atoms with E-state index in [-0.39, 0.29) is 11.3 Å². The number of pyridine rings is 1. The van der Waals surface area contributed by atoms with E-state index in [9.17, 15) is 9.90 Å². The predicted octanol–water partition coefficient (Wildman–Crippen LogP) is 1.81. The Hall–Kier alpha value is -1.46. The third kappa shape index (κ3) is 2.13. The largest absolute Gasteiger partial charge is 0.507 e. The number of aromatic hydroxyl groups is 1. The second kappa shape index (κ2) is 4.58. The van der Waals surface area contributed by atoms with Gasteiger partial charge in [-0.15, -0.1) is 11.8 Å². The maximum Gasteiger partial charge on any atom is 0.256 e. The van der Waals surface area contributed by atoms with Gasteiger partial charge >= 0.3 is 0 Å². The van der Waals surface area contributed by atoms with Crippen molar-refractivity contribution in [3.8, 4) is 5.75 Å². The zero-order valence-corrected chi connectivity index (χ0v) is 11.8. The van der Waals surface area contributed by atoms with Gasteiger partial charge in [0, 0.05) is 17.2 Å². The number of phenolic OH excluding ortho intramolecular Hbond substituents is 1. The fourth-order valence-electron chi connectivity index (χ4n) is 2.65. The summed E-state index contributed by atoms with van der Waals surface area (Å²) < 4.78 is 0. The second-order valence-electron chi connectivity index (χ2n) is 5.17. The number of hydrogen-bond donors (Lipinski definition) is 2. The van der Waals surface area contributed by atoms with Gasteiger partial charge in [-0.1, -0.05) is 6.07 Å². The molecule has 19 heavy (non-hydrogen) atoms. The SMILES string of the molecule is CN(C)CC1Cc2c([nH]c(=O)c3cccc(O)c23)S1. The number of aromatic amines is 1. The van der Waals surface area contributed by atoms with Crippen molar-refractivity contribution in [2.24, 2.45) is 0 Å². The lowest BCUT2D eigenvalue weighted by Crippen LogP contribution is -2.23. The summed E-state index contributed by atoms with van der Waals surface area (Å²) in [7, 11) is 4.09. The third-order valence-electron chi connectivity index (χ3n) is 3.38. The highest BCUT2D eigenvalue weighted by atomic mass is 32.2. The smallest absolute Gasteiger partial charge is 0.256 e. The van der Waals surface area contributed by atoms with Crippen LogP contribution in [0.5, 0.6) is 5.75 Å². The predicted molar refractivity (Wildman–Crippen MR) is 78.1 cm³/mol. The van der Waals surface area contributed by atoms with Crippen molar-refractivity contribution >= 4 is 22.5 Å². The zero-order chi connectivity index (χ0) is 13.6. The minimum atomic E-state index is -0.123. The summed E-state index contributed by atoms with van der Waals surface area (Å²) >= 11 is 1.69. The van der Waals surface area contributed by atoms with Gasteiger partial charge in [-0.3, -0.25) is 4.79 Å². The molecule has 4 nitrogen and oxygen atoms in total. The molecule has 0 fully saturated rings. The Morgan fingerprint density at radius 3 is 3.00 bits per heavy atom. The van der Waals surface area contributed by atoms with Crippen LogP contribution in [0.25, 0.3) is 10.8 Å². The first-order valence-electron chi connectivity index (χ1n) is 6.24. The molecule has 1 atom stereocenters. The average molecular weight is 276 g/mol. The topological polar surface area (TPSA) is 56.3 Å². The quantitative estimate of drug-likeness (QED) is 0.878. The van der Waals surface area contributed by atoms with Crippen LogP contribution in [0.1, 0.15) is 5.56 Å². The summed E-state index contributed by atoms with van der Waals surface area (Å²) in [5.41, 5.74) is 0.951. The first kappa shape index (κ1) is 12.6. The molecule has 1 aliphatic heterocycles. The molecule has 1 aromatic heterocycles. The zero-order valence-electron chi connectivity index (χ0n) is 10.9. The van der Waals surface area contributed by atoms with Gasteiger partial charge in [-0.2, -0.15) is 0 Å². The lowest BCUT2D eigenvalue weighted by molar-refractivity contribution is 0.408. The van der Waals surface area contributed by atoms with Gasteiger partial charge in [0.25, 0.3) is 5.56 Å². The first-order chi connectivity index (χ1) is 9.06. The van der Waals surface area contributed by atoms with E-state index in [1.165, 1.54) is 0 Å². The normalized spacial score (nSPS) is 18.2. The number of fused-ring (bicyclic) bond motifs is 3. The van der Waals surface area contributed by atoms with Crippen LogP contribution >= 0.6 is 11.8 Å². The maximum absolute atomic E-state index is 12.0. The molecule has 0 aliphatic carbocycles. The van der Waals surface area contributed by atoms with Gasteiger partial charge < -0.3 is 15.0 Å². The van der Waals surface area contributed by atoms with Crippen LogP contribution in [0, 0.1) is 0 Å². The molecule has 2 N–H and O–H groups in total. The Bertz CT molecular complexity index is 694. The van der Waals surface area contributed by atoms with E-state index in [0.717, 1.165) is 28.9 Å². The number of hydrogen-bond acceptors (Lipinski definition) is 4. The molecule has 0 saturated heterocycles. The van der Waals surface area contributed by atoms with Gasteiger partial charge in [0.05, 0.1) is 10.4 Å². The number of nitrogens with one attached hydrogen (secondary N) is 1. The Balaban J connectivity index is 2.15. The Morgan fingerprint density at radius 1 is 1.47 bits per heavy atom. The van der Waals surface area contributed by atoms with E-state index in [4.69, 9.17) is 0 Å². The van der Waals surface area contributed by atoms with Crippen LogP contribution in [-0.4, -0.2) is 40.9 Å². The fraction of sp³-hybridized carbons (Fsp3) is 0.357. The Labute approximate surface area is 115 Å². The molecule has 100 valence electrons. The summed E-state index contributed by atoms with van der Waals surface area (Å²) in [5.74, 6) is 0.200. The Kier molecular flexibility index (Phi) is 3.03. The van der Waals surface area contributed by atoms with E-state index in [1.54, 1.807) is 30.0 Å². The number of phenols is 1. The molecular formula is C14H16N2O2S. The minimum absolute atomic E-state index is 0.123. The molecule has 2 heterocycles. The van der Waals surface area contributed by atoms with Crippen LogP contribution < -0.4 is 5.56 Å². The van der Waals surface area contributed by atoms with Crippen molar-refractivity contribution in [1.82, 2.24) is 9.88 Å². The van der Waals surface area contributed by atoms with Crippen molar-refractivity contribution in [3.05, 3.63) is 34.1 Å². The van der Waals surface area contributed by atoms with E-state index < -0.39 is 0 Å². The summed E-state index contributed by atoms with van der Waals surface area (Å²) in [6.07, 6.45) is 0.878. The van der Waals surface area contributed by atoms with Crippen molar-refractivity contribution in [2.45, 2.75) is 16.7 Å². The molecule has 0 bridgehead atoms. The minimum Gasteiger partial charge on any atom is -0.507 e.